The molecule has 0 N–H and O–H groups in total. The van der Waals surface area contributed by atoms with Crippen molar-refractivity contribution < 1.29 is 18.3 Å². The molecule has 0 saturated heterocycles. The number of carbonyl (C=O) groups excluding carboxylic acids is 1. The van der Waals surface area contributed by atoms with Gasteiger partial charge in [-0.1, -0.05) is 0 Å². The molecule has 4 heteroatoms. The summed E-state index contributed by atoms with van der Waals surface area (Å²) in [6.07, 6.45) is -1.28. The number of ether oxygens (including phenoxy) is 1. The smallest absolute Gasteiger partial charge is 0.261 e. The van der Waals surface area contributed by atoms with Crippen LogP contribution in [0.3, 0.4) is 0 Å². The Balaban J connectivity index is 2.13. The summed E-state index contributed by atoms with van der Waals surface area (Å²) >= 11 is 0. The molecule has 0 amide bonds. The molecule has 1 saturated carbocycles. The van der Waals surface area contributed by atoms with E-state index >= 15 is 0 Å². The number of Topliss-reactive ketones (excluding diaryl/α,β-unsaturated/α-hetero) is 1. The van der Waals surface area contributed by atoms with Crippen molar-refractivity contribution >= 4 is 5.78 Å². The normalized spacial score (nSPS) is 25.0. The zero-order valence-corrected chi connectivity index (χ0v) is 6.06. The van der Waals surface area contributed by atoms with E-state index in [1.165, 1.54) is 0 Å². The maximum absolute atomic E-state index is 11.6. The van der Waals surface area contributed by atoms with E-state index in [1.807, 2.05) is 0 Å². The van der Waals surface area contributed by atoms with E-state index < -0.39 is 13.0 Å². The van der Waals surface area contributed by atoms with Crippen LogP contribution in [0.1, 0.15) is 19.3 Å². The van der Waals surface area contributed by atoms with Crippen molar-refractivity contribution in [1.82, 2.24) is 0 Å². The van der Waals surface area contributed by atoms with Gasteiger partial charge in [0.25, 0.3) is 6.43 Å². The van der Waals surface area contributed by atoms with Crippen molar-refractivity contribution in [2.75, 3.05) is 6.61 Å². The van der Waals surface area contributed by atoms with E-state index in [0.29, 0.717) is 19.3 Å². The molecule has 1 fully saturated rings. The molecule has 0 aromatic carbocycles. The average Bonchev–Trinajstić information content (AvgIpc) is 2.31. The van der Waals surface area contributed by atoms with E-state index in [2.05, 4.69) is 0 Å². The molecule has 0 aliphatic heterocycles. The molecule has 0 radical (unpaired) electrons. The van der Waals surface area contributed by atoms with Crippen molar-refractivity contribution in [3.8, 4) is 0 Å². The Morgan fingerprint density at radius 3 is 2.82 bits per heavy atom. The molecule has 11 heavy (non-hydrogen) atoms. The number of hydrogen-bond donors (Lipinski definition) is 0. The molecular weight excluding hydrogens is 154 g/mol. The van der Waals surface area contributed by atoms with Crippen molar-refractivity contribution in [2.24, 2.45) is 0 Å². The van der Waals surface area contributed by atoms with Gasteiger partial charge < -0.3 is 4.74 Å². The Bertz CT molecular complexity index is 147. The third-order valence-electron chi connectivity index (χ3n) is 1.66. The van der Waals surface area contributed by atoms with Crippen LogP contribution in [0.15, 0.2) is 0 Å². The van der Waals surface area contributed by atoms with Gasteiger partial charge in [-0.3, -0.25) is 4.79 Å². The highest BCUT2D eigenvalue weighted by molar-refractivity contribution is 5.81. The second-order valence-corrected chi connectivity index (χ2v) is 2.63. The van der Waals surface area contributed by atoms with Crippen LogP contribution in [0.2, 0.25) is 0 Å². The minimum absolute atomic E-state index is 0.115. The van der Waals surface area contributed by atoms with Gasteiger partial charge in [-0.2, -0.15) is 0 Å². The molecule has 2 nitrogen and oxygen atoms in total. The molecule has 0 aromatic rings. The molecule has 0 heterocycles. The lowest BCUT2D eigenvalue weighted by Gasteiger charge is -2.08. The van der Waals surface area contributed by atoms with E-state index in [-0.39, 0.29) is 11.9 Å². The van der Waals surface area contributed by atoms with Gasteiger partial charge in [-0.15, -0.1) is 0 Å². The molecule has 1 aliphatic carbocycles. The van der Waals surface area contributed by atoms with Gasteiger partial charge in [0.2, 0.25) is 0 Å². The van der Waals surface area contributed by atoms with Crippen LogP contribution in [0, 0.1) is 0 Å². The minimum Gasteiger partial charge on any atom is -0.372 e. The second-order valence-electron chi connectivity index (χ2n) is 2.63. The quantitative estimate of drug-likeness (QED) is 0.630. The lowest BCUT2D eigenvalue weighted by Crippen LogP contribution is -2.14. The number of ketones is 1. The molecule has 0 bridgehead atoms. The Labute approximate surface area is 63.5 Å². The summed E-state index contributed by atoms with van der Waals surface area (Å²) in [6.45, 7) is -0.544. The third kappa shape index (κ3) is 2.93. The summed E-state index contributed by atoms with van der Waals surface area (Å²) in [7, 11) is 0. The molecule has 1 rings (SSSR count). The largest absolute Gasteiger partial charge is 0.372 e. The van der Waals surface area contributed by atoms with Crippen LogP contribution < -0.4 is 0 Å². The topological polar surface area (TPSA) is 26.3 Å². The number of carbonyl (C=O) groups is 1. The number of halogens is 2. The standard InChI is InChI=1S/C7H10F2O2/c8-7(9)4-11-6-2-1-5(10)3-6/h6-7H,1-4H2. The molecule has 64 valence electrons. The van der Waals surface area contributed by atoms with Gasteiger partial charge in [0, 0.05) is 12.8 Å². The molecule has 1 aliphatic rings. The highest BCUT2D eigenvalue weighted by Crippen LogP contribution is 2.18. The average molecular weight is 164 g/mol. The fourth-order valence-corrected chi connectivity index (χ4v) is 1.13. The van der Waals surface area contributed by atoms with Gasteiger partial charge in [0.15, 0.2) is 0 Å². The second kappa shape index (κ2) is 3.76. The Morgan fingerprint density at radius 2 is 2.36 bits per heavy atom. The third-order valence-corrected chi connectivity index (χ3v) is 1.66. The fraction of sp³-hybridized carbons (Fsp3) is 0.857. The van der Waals surface area contributed by atoms with Crippen molar-refractivity contribution in [3.05, 3.63) is 0 Å². The minimum atomic E-state index is -2.43. The molecule has 1 unspecified atom stereocenters. The molecule has 1 atom stereocenters. The number of rotatable bonds is 3. The van der Waals surface area contributed by atoms with E-state index in [4.69, 9.17) is 4.74 Å². The van der Waals surface area contributed by atoms with Crippen LogP contribution in [-0.2, 0) is 9.53 Å². The first-order valence-electron chi connectivity index (χ1n) is 3.60. The maximum atomic E-state index is 11.6. The van der Waals surface area contributed by atoms with Crippen LogP contribution >= 0.6 is 0 Å². The van der Waals surface area contributed by atoms with Gasteiger partial charge in [0.05, 0.1) is 6.10 Å². The fourth-order valence-electron chi connectivity index (χ4n) is 1.13. The highest BCUT2D eigenvalue weighted by atomic mass is 19.3. The van der Waals surface area contributed by atoms with Gasteiger partial charge in [-0.25, -0.2) is 8.78 Å². The van der Waals surface area contributed by atoms with E-state index in [0.717, 1.165) is 0 Å². The maximum Gasteiger partial charge on any atom is 0.261 e. The van der Waals surface area contributed by atoms with Crippen LogP contribution in [0.4, 0.5) is 8.78 Å². The SMILES string of the molecule is O=C1CCC(OCC(F)F)C1. The lowest BCUT2D eigenvalue weighted by atomic mass is 10.3. The lowest BCUT2D eigenvalue weighted by molar-refractivity contribution is -0.118. The molecular formula is C7H10F2O2. The van der Waals surface area contributed by atoms with Crippen LogP contribution in [0.5, 0.6) is 0 Å². The first-order valence-corrected chi connectivity index (χ1v) is 3.60. The summed E-state index contributed by atoms with van der Waals surface area (Å²) in [6, 6.07) is 0. The summed E-state index contributed by atoms with van der Waals surface area (Å²) in [5, 5.41) is 0. The number of hydrogen-bond acceptors (Lipinski definition) is 2. The highest BCUT2D eigenvalue weighted by Gasteiger charge is 2.23. The molecule has 0 spiro atoms. The molecule has 0 aromatic heterocycles. The van der Waals surface area contributed by atoms with Gasteiger partial charge >= 0.3 is 0 Å². The summed E-state index contributed by atoms with van der Waals surface area (Å²) in [4.78, 5) is 10.6. The van der Waals surface area contributed by atoms with Crippen molar-refractivity contribution in [1.29, 1.82) is 0 Å². The Hall–Kier alpha value is -0.510. The van der Waals surface area contributed by atoms with Gasteiger partial charge in [-0.05, 0) is 6.42 Å². The summed E-state index contributed by atoms with van der Waals surface area (Å²) in [5.41, 5.74) is 0. The van der Waals surface area contributed by atoms with Crippen LogP contribution in [0.25, 0.3) is 0 Å². The first-order chi connectivity index (χ1) is 5.18. The Morgan fingerprint density at radius 1 is 1.64 bits per heavy atom. The van der Waals surface area contributed by atoms with E-state index in [1.54, 1.807) is 0 Å². The van der Waals surface area contributed by atoms with E-state index in [9.17, 15) is 13.6 Å². The zero-order valence-electron chi connectivity index (χ0n) is 6.06. The number of alkyl halides is 2. The van der Waals surface area contributed by atoms with Crippen molar-refractivity contribution in [3.63, 3.8) is 0 Å². The monoisotopic (exact) mass is 164 g/mol. The predicted molar refractivity (Wildman–Crippen MR) is 34.6 cm³/mol. The van der Waals surface area contributed by atoms with Crippen LogP contribution in [-0.4, -0.2) is 24.9 Å². The van der Waals surface area contributed by atoms with Gasteiger partial charge in [0.1, 0.15) is 12.4 Å². The summed E-state index contributed by atoms with van der Waals surface area (Å²) in [5.74, 6) is 0.115. The predicted octanol–water partition coefficient (Wildman–Crippen LogP) is 1.39. The Kier molecular flexibility index (Phi) is 2.93. The zero-order chi connectivity index (χ0) is 8.27. The summed E-state index contributed by atoms with van der Waals surface area (Å²) < 4.78 is 27.9. The first kappa shape index (κ1) is 8.59. The van der Waals surface area contributed by atoms with Crippen molar-refractivity contribution in [2.45, 2.75) is 31.8 Å².